The maximum Gasteiger partial charge on any atom is 0.411 e. The summed E-state index contributed by atoms with van der Waals surface area (Å²) in [6.45, 7) is -1.03. The third kappa shape index (κ3) is 3.86. The second-order valence-corrected chi connectivity index (χ2v) is 5.30. The molecule has 0 aliphatic rings. The Kier molecular flexibility index (Phi) is 4.93. The fourth-order valence-electron chi connectivity index (χ4n) is 1.85. The van der Waals surface area contributed by atoms with E-state index in [9.17, 15) is 13.2 Å². The molecule has 0 amide bonds. The number of aromatic nitrogens is 2. The number of hydrogen-bond acceptors (Lipinski definition) is 2. The highest BCUT2D eigenvalue weighted by Gasteiger charge is 2.27. The fraction of sp³-hybridized carbons (Fsp3) is 0.417. The van der Waals surface area contributed by atoms with Gasteiger partial charge >= 0.3 is 6.18 Å². The summed E-state index contributed by atoms with van der Waals surface area (Å²) in [6.07, 6.45) is -4.31. The van der Waals surface area contributed by atoms with Gasteiger partial charge < -0.3 is 9.30 Å². The van der Waals surface area contributed by atoms with Crippen LogP contribution in [0.3, 0.4) is 0 Å². The lowest BCUT2D eigenvalue weighted by molar-refractivity contribution is -0.174. The summed E-state index contributed by atoms with van der Waals surface area (Å²) < 4.78 is 43.2. The van der Waals surface area contributed by atoms with Gasteiger partial charge in [0.25, 0.3) is 0 Å². The Morgan fingerprint density at radius 1 is 1.35 bits per heavy atom. The van der Waals surface area contributed by atoms with E-state index in [4.69, 9.17) is 11.6 Å². The molecule has 0 unspecified atom stereocenters. The van der Waals surface area contributed by atoms with Gasteiger partial charge in [-0.25, -0.2) is 4.98 Å². The predicted molar refractivity (Wildman–Crippen MR) is 73.9 cm³/mol. The number of imidazole rings is 1. The number of nitrogens with zero attached hydrogens (tertiary/aromatic N) is 2. The van der Waals surface area contributed by atoms with Crippen LogP contribution in [0.2, 0.25) is 0 Å². The summed E-state index contributed by atoms with van der Waals surface area (Å²) >= 11 is 9.15. The van der Waals surface area contributed by atoms with Crippen LogP contribution in [0.4, 0.5) is 13.2 Å². The van der Waals surface area contributed by atoms with Gasteiger partial charge in [0.1, 0.15) is 12.4 Å². The predicted octanol–water partition coefficient (Wildman–Crippen LogP) is 4.12. The van der Waals surface area contributed by atoms with Gasteiger partial charge in [0.2, 0.25) is 0 Å². The molecule has 0 saturated carbocycles. The minimum absolute atomic E-state index is 0.0507. The maximum atomic E-state index is 12.0. The lowest BCUT2D eigenvalue weighted by Gasteiger charge is -2.10. The van der Waals surface area contributed by atoms with Crippen molar-refractivity contribution < 1.29 is 17.9 Å². The van der Waals surface area contributed by atoms with Gasteiger partial charge in [0, 0.05) is 11.0 Å². The number of halogens is 5. The van der Waals surface area contributed by atoms with Crippen molar-refractivity contribution in [3.63, 3.8) is 0 Å². The molecule has 0 N–H and O–H groups in total. The van der Waals surface area contributed by atoms with E-state index < -0.39 is 12.8 Å². The van der Waals surface area contributed by atoms with Crippen LogP contribution >= 0.6 is 27.5 Å². The van der Waals surface area contributed by atoms with Gasteiger partial charge in [0.15, 0.2) is 0 Å². The topological polar surface area (TPSA) is 27.1 Å². The first kappa shape index (κ1) is 15.6. The molecule has 0 fully saturated rings. The molecule has 8 heteroatoms. The number of fused-ring (bicyclic) bond motifs is 1. The van der Waals surface area contributed by atoms with Crippen molar-refractivity contribution in [2.75, 3.05) is 13.2 Å². The maximum absolute atomic E-state index is 12.0. The largest absolute Gasteiger partial charge is 0.411 e. The highest BCUT2D eigenvalue weighted by molar-refractivity contribution is 9.10. The van der Waals surface area contributed by atoms with Crippen molar-refractivity contribution in [1.29, 1.82) is 0 Å². The summed E-state index contributed by atoms with van der Waals surface area (Å²) in [4.78, 5) is 4.34. The average Bonchev–Trinajstić information content (AvgIpc) is 2.70. The van der Waals surface area contributed by atoms with E-state index in [2.05, 4.69) is 25.7 Å². The van der Waals surface area contributed by atoms with Gasteiger partial charge in [-0.05, 0) is 18.2 Å². The minimum Gasteiger partial charge on any atom is -0.370 e. The molecule has 20 heavy (non-hydrogen) atoms. The van der Waals surface area contributed by atoms with Gasteiger partial charge in [0.05, 0.1) is 23.5 Å². The first-order chi connectivity index (χ1) is 9.40. The number of alkyl halides is 4. The van der Waals surface area contributed by atoms with Gasteiger partial charge in [-0.3, -0.25) is 0 Å². The van der Waals surface area contributed by atoms with E-state index in [1.54, 1.807) is 4.57 Å². The van der Waals surface area contributed by atoms with Crippen LogP contribution in [-0.4, -0.2) is 28.9 Å². The molecule has 3 nitrogen and oxygen atoms in total. The minimum atomic E-state index is -4.31. The Balaban J connectivity index is 2.12. The third-order valence-electron chi connectivity index (χ3n) is 2.63. The molecule has 110 valence electrons. The van der Waals surface area contributed by atoms with Crippen molar-refractivity contribution in [3.8, 4) is 0 Å². The van der Waals surface area contributed by atoms with Crippen LogP contribution in [0, 0.1) is 0 Å². The van der Waals surface area contributed by atoms with Crippen LogP contribution < -0.4 is 0 Å². The molecule has 2 aromatic rings. The molecular formula is C12H11BrClF3N2O. The molecule has 1 heterocycles. The lowest BCUT2D eigenvalue weighted by atomic mass is 10.3. The van der Waals surface area contributed by atoms with Crippen molar-refractivity contribution in [3.05, 3.63) is 28.5 Å². The zero-order chi connectivity index (χ0) is 14.8. The summed E-state index contributed by atoms with van der Waals surface area (Å²) in [5, 5.41) is 0. The zero-order valence-corrected chi connectivity index (χ0v) is 12.6. The van der Waals surface area contributed by atoms with Crippen LogP contribution in [0.5, 0.6) is 0 Å². The Hall–Kier alpha value is -0.790. The number of ether oxygens (including phenoxy) is 1. The molecule has 0 radical (unpaired) electrons. The highest BCUT2D eigenvalue weighted by atomic mass is 79.9. The standard InChI is InChI=1S/C12H11BrClF3N2O/c13-8-1-2-10-9(5-8)18-11(6-14)19(10)3-4-20-7-12(15,16)17/h1-2,5H,3-4,6-7H2. The van der Waals surface area contributed by atoms with E-state index in [-0.39, 0.29) is 19.0 Å². The molecule has 0 aliphatic carbocycles. The molecule has 0 spiro atoms. The Labute approximate surface area is 126 Å². The van der Waals surface area contributed by atoms with Crippen molar-refractivity contribution in [1.82, 2.24) is 9.55 Å². The molecule has 0 aliphatic heterocycles. The molecule has 2 rings (SSSR count). The zero-order valence-electron chi connectivity index (χ0n) is 10.3. The van der Waals surface area contributed by atoms with Gasteiger partial charge in [-0.2, -0.15) is 13.2 Å². The van der Waals surface area contributed by atoms with Crippen LogP contribution in [-0.2, 0) is 17.2 Å². The smallest absolute Gasteiger partial charge is 0.370 e. The van der Waals surface area contributed by atoms with E-state index in [1.807, 2.05) is 18.2 Å². The Bertz CT molecular complexity index is 600. The molecule has 0 saturated heterocycles. The fourth-order valence-corrected chi connectivity index (χ4v) is 2.40. The summed E-state index contributed by atoms with van der Waals surface area (Å²) in [7, 11) is 0. The van der Waals surface area contributed by atoms with Gasteiger partial charge in [-0.1, -0.05) is 15.9 Å². The second-order valence-electron chi connectivity index (χ2n) is 4.11. The molecule has 0 atom stereocenters. The van der Waals surface area contributed by atoms with Crippen LogP contribution in [0.25, 0.3) is 11.0 Å². The average molecular weight is 372 g/mol. The van der Waals surface area contributed by atoms with E-state index in [0.29, 0.717) is 5.82 Å². The number of hydrogen-bond donors (Lipinski definition) is 0. The molecule has 1 aromatic carbocycles. The van der Waals surface area contributed by atoms with Crippen molar-refractivity contribution in [2.24, 2.45) is 0 Å². The van der Waals surface area contributed by atoms with Crippen LogP contribution in [0.1, 0.15) is 5.82 Å². The SMILES string of the molecule is FC(F)(F)COCCn1c(CCl)nc2cc(Br)ccc21. The lowest BCUT2D eigenvalue weighted by Crippen LogP contribution is -2.19. The first-order valence-corrected chi connectivity index (χ1v) is 7.08. The first-order valence-electron chi connectivity index (χ1n) is 5.76. The number of benzene rings is 1. The molecule has 1 aromatic heterocycles. The van der Waals surface area contributed by atoms with Crippen molar-refractivity contribution in [2.45, 2.75) is 18.6 Å². The summed E-state index contributed by atoms with van der Waals surface area (Å²) in [6, 6.07) is 5.51. The summed E-state index contributed by atoms with van der Waals surface area (Å²) in [5.74, 6) is 0.793. The monoisotopic (exact) mass is 370 g/mol. The van der Waals surface area contributed by atoms with Crippen molar-refractivity contribution >= 4 is 38.6 Å². The van der Waals surface area contributed by atoms with Crippen LogP contribution in [0.15, 0.2) is 22.7 Å². The normalized spacial score (nSPS) is 12.2. The molecular weight excluding hydrogens is 360 g/mol. The van der Waals surface area contributed by atoms with E-state index in [0.717, 1.165) is 15.5 Å². The third-order valence-corrected chi connectivity index (χ3v) is 3.37. The Morgan fingerprint density at radius 3 is 2.75 bits per heavy atom. The van der Waals surface area contributed by atoms with E-state index in [1.165, 1.54) is 0 Å². The van der Waals surface area contributed by atoms with Gasteiger partial charge in [-0.15, -0.1) is 11.6 Å². The number of rotatable bonds is 5. The molecule has 0 bridgehead atoms. The highest BCUT2D eigenvalue weighted by Crippen LogP contribution is 2.22. The second kappa shape index (κ2) is 6.32. The Morgan fingerprint density at radius 2 is 2.10 bits per heavy atom. The summed E-state index contributed by atoms with van der Waals surface area (Å²) in [5.41, 5.74) is 1.56. The van der Waals surface area contributed by atoms with E-state index >= 15 is 0 Å². The quantitative estimate of drug-likeness (QED) is 0.584.